The van der Waals surface area contributed by atoms with E-state index < -0.39 is 5.91 Å². The molecule has 1 aliphatic carbocycles. The highest BCUT2D eigenvalue weighted by molar-refractivity contribution is 6.31. The van der Waals surface area contributed by atoms with Crippen LogP contribution in [-0.2, 0) is 31.2 Å². The number of amides is 1. The lowest BCUT2D eigenvalue weighted by Crippen LogP contribution is -2.29. The molecule has 4 aromatic rings. The maximum Gasteiger partial charge on any atom is 0.267 e. The van der Waals surface area contributed by atoms with Crippen LogP contribution in [0.1, 0.15) is 40.4 Å². The lowest BCUT2D eigenvalue weighted by Gasteiger charge is -2.29. The van der Waals surface area contributed by atoms with Gasteiger partial charge in [0.2, 0.25) is 0 Å². The molecule has 3 N–H and O–H groups in total. The Kier molecular flexibility index (Phi) is 6.72. The van der Waals surface area contributed by atoms with E-state index in [4.69, 9.17) is 16.8 Å². The van der Waals surface area contributed by atoms with Gasteiger partial charge in [-0.1, -0.05) is 48.0 Å². The Bertz CT molecular complexity index is 1390. The molecule has 0 spiro atoms. The number of para-hydroxylation sites is 1. The fourth-order valence-corrected chi connectivity index (χ4v) is 5.30. The van der Waals surface area contributed by atoms with E-state index in [-0.39, 0.29) is 6.04 Å². The summed E-state index contributed by atoms with van der Waals surface area (Å²) in [7, 11) is 1.89. The van der Waals surface area contributed by atoms with Crippen LogP contribution in [0.15, 0.2) is 60.9 Å². The quantitative estimate of drug-likeness (QED) is 0.188. The first kappa shape index (κ1) is 23.4. The fraction of sp³-hybridized carbons (Fsp3) is 0.259. The number of H-pyrrole nitrogens is 1. The van der Waals surface area contributed by atoms with Crippen molar-refractivity contribution in [1.29, 1.82) is 0 Å². The molecular formula is C27H28ClN5O2. The van der Waals surface area contributed by atoms with E-state index in [1.165, 1.54) is 28.2 Å². The fourth-order valence-electron chi connectivity index (χ4n) is 5.06. The molecule has 0 fully saturated rings. The van der Waals surface area contributed by atoms with Gasteiger partial charge in [-0.05, 0) is 53.7 Å². The zero-order chi connectivity index (χ0) is 24.4. The summed E-state index contributed by atoms with van der Waals surface area (Å²) in [5, 5.41) is 15.3. The van der Waals surface area contributed by atoms with E-state index in [1.807, 2.05) is 25.4 Å². The number of benzene rings is 2. The zero-order valence-corrected chi connectivity index (χ0v) is 20.3. The first-order valence-corrected chi connectivity index (χ1v) is 12.1. The molecule has 1 unspecified atom stereocenters. The summed E-state index contributed by atoms with van der Waals surface area (Å²) in [6.45, 7) is 1.54. The Labute approximate surface area is 209 Å². The van der Waals surface area contributed by atoms with E-state index in [0.29, 0.717) is 11.6 Å². The van der Waals surface area contributed by atoms with E-state index in [1.54, 1.807) is 16.2 Å². The number of rotatable bonds is 8. The van der Waals surface area contributed by atoms with Gasteiger partial charge in [-0.15, -0.1) is 0 Å². The minimum atomic E-state index is -0.543. The highest BCUT2D eigenvalue weighted by Gasteiger charge is 2.29. The first-order valence-electron chi connectivity index (χ1n) is 11.7. The van der Waals surface area contributed by atoms with Crippen molar-refractivity contribution in [3.8, 4) is 0 Å². The van der Waals surface area contributed by atoms with Crippen LogP contribution in [0.3, 0.4) is 0 Å². The predicted molar refractivity (Wildman–Crippen MR) is 137 cm³/mol. The number of carbonyl (C=O) groups excluding carboxylic acids is 1. The zero-order valence-electron chi connectivity index (χ0n) is 19.5. The molecule has 0 bridgehead atoms. The second kappa shape index (κ2) is 10.1. The number of aryl methyl sites for hydroxylation is 2. The van der Waals surface area contributed by atoms with Gasteiger partial charge in [0.25, 0.3) is 5.91 Å². The van der Waals surface area contributed by atoms with Crippen molar-refractivity contribution in [2.24, 2.45) is 7.05 Å². The third-order valence-electron chi connectivity index (χ3n) is 6.74. The van der Waals surface area contributed by atoms with Crippen LogP contribution in [-0.4, -0.2) is 37.3 Å². The summed E-state index contributed by atoms with van der Waals surface area (Å²) in [6.07, 6.45) is 9.88. The van der Waals surface area contributed by atoms with Gasteiger partial charge in [0.15, 0.2) is 0 Å². The lowest BCUT2D eigenvalue weighted by molar-refractivity contribution is -0.124. The Hall–Kier alpha value is -3.39. The van der Waals surface area contributed by atoms with Gasteiger partial charge < -0.3 is 4.98 Å². The summed E-state index contributed by atoms with van der Waals surface area (Å²) >= 11 is 6.49. The van der Waals surface area contributed by atoms with Crippen LogP contribution in [0.5, 0.6) is 0 Å². The second-order valence-electron chi connectivity index (χ2n) is 9.00. The number of halogens is 1. The molecule has 0 saturated carbocycles. The van der Waals surface area contributed by atoms with Gasteiger partial charge in [0.05, 0.1) is 10.7 Å². The first-order chi connectivity index (χ1) is 17.0. The van der Waals surface area contributed by atoms with E-state index >= 15 is 0 Å². The molecule has 2 heterocycles. The molecule has 2 aromatic heterocycles. The second-order valence-corrected chi connectivity index (χ2v) is 9.41. The van der Waals surface area contributed by atoms with Gasteiger partial charge in [0, 0.05) is 55.6 Å². The summed E-state index contributed by atoms with van der Waals surface area (Å²) in [5.41, 5.74) is 8.49. The highest BCUT2D eigenvalue weighted by atomic mass is 35.5. The minimum Gasteiger partial charge on any atom is -0.361 e. The lowest BCUT2D eigenvalue weighted by atomic mass is 10.0. The molecule has 35 heavy (non-hydrogen) atoms. The normalized spacial score (nSPS) is 15.4. The van der Waals surface area contributed by atoms with Crippen molar-refractivity contribution in [1.82, 2.24) is 25.1 Å². The molecule has 0 radical (unpaired) electrons. The van der Waals surface area contributed by atoms with Crippen LogP contribution in [0.4, 0.5) is 0 Å². The summed E-state index contributed by atoms with van der Waals surface area (Å²) in [5.74, 6) is -0.543. The molecule has 180 valence electrons. The molecule has 1 aliphatic rings. The van der Waals surface area contributed by atoms with E-state index in [0.717, 1.165) is 42.6 Å². The molecule has 0 saturated heterocycles. The maximum atomic E-state index is 11.3. The third-order valence-corrected chi connectivity index (χ3v) is 7.06. The highest BCUT2D eigenvalue weighted by Crippen LogP contribution is 2.38. The number of nitrogens with one attached hydrogen (secondary N) is 2. The van der Waals surface area contributed by atoms with Crippen LogP contribution >= 0.6 is 11.6 Å². The Morgan fingerprint density at radius 3 is 3.00 bits per heavy atom. The molecule has 5 rings (SSSR count). The number of aromatic amines is 1. The van der Waals surface area contributed by atoms with Gasteiger partial charge in [0.1, 0.15) is 0 Å². The summed E-state index contributed by atoms with van der Waals surface area (Å²) in [6, 6.07) is 15.0. The van der Waals surface area contributed by atoms with Gasteiger partial charge in [-0.25, -0.2) is 5.48 Å². The number of nitrogens with zero attached hydrogens (tertiary/aromatic N) is 3. The monoisotopic (exact) mass is 489 g/mol. The van der Waals surface area contributed by atoms with Crippen molar-refractivity contribution >= 4 is 34.5 Å². The van der Waals surface area contributed by atoms with Gasteiger partial charge in [-0.3, -0.25) is 19.6 Å². The maximum absolute atomic E-state index is 11.3. The SMILES string of the molecule is Cn1cc(Cl)c(CN(CCc2c[nH]c3ccccc23)C2CCc3cc(C=CC(=O)NO)ccc32)n1. The van der Waals surface area contributed by atoms with Crippen LogP contribution in [0.2, 0.25) is 5.02 Å². The van der Waals surface area contributed by atoms with Gasteiger partial charge >= 0.3 is 0 Å². The van der Waals surface area contributed by atoms with Crippen molar-refractivity contribution in [2.45, 2.75) is 31.8 Å². The number of carbonyl (C=O) groups is 1. The van der Waals surface area contributed by atoms with Crippen molar-refractivity contribution in [3.05, 3.63) is 93.9 Å². The Morgan fingerprint density at radius 1 is 1.34 bits per heavy atom. The van der Waals surface area contributed by atoms with Crippen molar-refractivity contribution in [2.75, 3.05) is 6.54 Å². The largest absolute Gasteiger partial charge is 0.361 e. The molecular weight excluding hydrogens is 462 g/mol. The summed E-state index contributed by atoms with van der Waals surface area (Å²) in [4.78, 5) is 17.2. The molecule has 7 nitrogen and oxygen atoms in total. The third kappa shape index (κ3) is 5.03. The average Bonchev–Trinajstić information content (AvgIpc) is 3.56. The van der Waals surface area contributed by atoms with E-state index in [2.05, 4.69) is 51.5 Å². The van der Waals surface area contributed by atoms with Crippen molar-refractivity contribution in [3.63, 3.8) is 0 Å². The summed E-state index contributed by atoms with van der Waals surface area (Å²) < 4.78 is 1.76. The molecule has 1 amide bonds. The smallest absolute Gasteiger partial charge is 0.267 e. The van der Waals surface area contributed by atoms with E-state index in [9.17, 15) is 4.79 Å². The Balaban J connectivity index is 1.40. The Morgan fingerprint density at radius 2 is 2.20 bits per heavy atom. The molecule has 2 aromatic carbocycles. The molecule has 1 atom stereocenters. The topological polar surface area (TPSA) is 86.2 Å². The molecule has 0 aliphatic heterocycles. The number of hydroxylamine groups is 1. The minimum absolute atomic E-state index is 0.257. The van der Waals surface area contributed by atoms with Crippen LogP contribution in [0, 0.1) is 0 Å². The average molecular weight is 490 g/mol. The predicted octanol–water partition coefficient (Wildman–Crippen LogP) is 4.81. The number of hydrogen-bond donors (Lipinski definition) is 3. The standard InChI is InChI=1S/C27H28ClN5O2/c1-32-16-23(28)25(30-32)17-33(13-12-20-15-29-24-5-3-2-4-21(20)24)26-10-8-19-14-18(6-9-22(19)26)7-11-27(34)31-35/h2-7,9,11,14-16,26,29,35H,8,10,12-13,17H2,1H3,(H,31,34). The molecule has 8 heteroatoms. The van der Waals surface area contributed by atoms with Gasteiger partial charge in [-0.2, -0.15) is 5.10 Å². The number of hydrogen-bond acceptors (Lipinski definition) is 4. The van der Waals surface area contributed by atoms with Crippen LogP contribution in [0.25, 0.3) is 17.0 Å². The van der Waals surface area contributed by atoms with Crippen molar-refractivity contribution < 1.29 is 10.0 Å². The van der Waals surface area contributed by atoms with Crippen LogP contribution < -0.4 is 5.48 Å². The number of aromatic nitrogens is 3. The number of fused-ring (bicyclic) bond motifs is 2.